The van der Waals surface area contributed by atoms with E-state index in [0.717, 1.165) is 0 Å². The number of methoxy groups -OCH3 is 2. The van der Waals surface area contributed by atoms with E-state index < -0.39 is 22.1 Å². The van der Waals surface area contributed by atoms with Crippen molar-refractivity contribution in [2.75, 3.05) is 25.5 Å². The van der Waals surface area contributed by atoms with Gasteiger partial charge in [-0.1, -0.05) is 6.07 Å². The Balaban J connectivity index is 2.32. The summed E-state index contributed by atoms with van der Waals surface area (Å²) in [6, 6.07) is 9.34. The summed E-state index contributed by atoms with van der Waals surface area (Å²) in [4.78, 5) is 11.7. The molecule has 29 heavy (non-hydrogen) atoms. The van der Waals surface area contributed by atoms with Crippen molar-refractivity contribution in [2.45, 2.75) is 31.8 Å². The van der Waals surface area contributed by atoms with Gasteiger partial charge in [-0.15, -0.1) is 0 Å². The molecule has 0 aliphatic carbocycles. The number of ether oxygens (including phenoxy) is 4. The zero-order chi connectivity index (χ0) is 21.6. The molecule has 1 atom stereocenters. The number of esters is 1. The lowest BCUT2D eigenvalue weighted by Crippen LogP contribution is -2.26. The van der Waals surface area contributed by atoms with Crippen molar-refractivity contribution in [3.8, 4) is 17.2 Å². The number of rotatable bonds is 9. The third-order valence-corrected chi connectivity index (χ3v) is 5.43. The molecule has 2 aromatic carbocycles. The van der Waals surface area contributed by atoms with Crippen LogP contribution in [0.2, 0.25) is 0 Å². The fourth-order valence-corrected chi connectivity index (χ4v) is 3.80. The van der Waals surface area contributed by atoms with Crippen LogP contribution in [0.1, 0.15) is 19.4 Å². The lowest BCUT2D eigenvalue weighted by Gasteiger charge is -2.17. The molecule has 0 amide bonds. The number of nitrogens with one attached hydrogen (secondary N) is 1. The third-order valence-electron chi connectivity index (χ3n) is 4.05. The minimum Gasteiger partial charge on any atom is -0.497 e. The van der Waals surface area contributed by atoms with E-state index in [1.165, 1.54) is 32.4 Å². The standard InChI is InChI=1S/C20H25NO7S/c1-6-27-20(22)14(3)28-16-8-7-13(2)17(11-16)21-29(23,24)19-12-15(25-4)9-10-18(19)26-5/h7-12,14,21H,6H2,1-5H3. The first-order valence-electron chi connectivity index (χ1n) is 8.90. The molecule has 0 spiro atoms. The Morgan fingerprint density at radius 3 is 2.38 bits per heavy atom. The van der Waals surface area contributed by atoms with E-state index in [9.17, 15) is 13.2 Å². The molecule has 0 saturated heterocycles. The van der Waals surface area contributed by atoms with Gasteiger partial charge in [-0.3, -0.25) is 4.72 Å². The van der Waals surface area contributed by atoms with Crippen molar-refractivity contribution < 1.29 is 32.2 Å². The minimum atomic E-state index is -3.98. The van der Waals surface area contributed by atoms with Gasteiger partial charge in [0.1, 0.15) is 22.1 Å². The van der Waals surface area contributed by atoms with Gasteiger partial charge in [-0.05, 0) is 44.5 Å². The van der Waals surface area contributed by atoms with Gasteiger partial charge in [0.2, 0.25) is 0 Å². The number of anilines is 1. The number of aryl methyl sites for hydroxylation is 1. The molecule has 1 unspecified atom stereocenters. The van der Waals surface area contributed by atoms with Crippen LogP contribution in [0.5, 0.6) is 17.2 Å². The zero-order valence-corrected chi connectivity index (χ0v) is 17.8. The van der Waals surface area contributed by atoms with E-state index in [4.69, 9.17) is 18.9 Å². The summed E-state index contributed by atoms with van der Waals surface area (Å²) in [7, 11) is -1.15. The van der Waals surface area contributed by atoms with Crippen LogP contribution >= 0.6 is 0 Å². The molecule has 0 radical (unpaired) electrons. The SMILES string of the molecule is CCOC(=O)C(C)Oc1ccc(C)c(NS(=O)(=O)c2cc(OC)ccc2OC)c1. The monoisotopic (exact) mass is 423 g/mol. The van der Waals surface area contributed by atoms with Crippen LogP contribution in [-0.4, -0.2) is 41.3 Å². The summed E-state index contributed by atoms with van der Waals surface area (Å²) in [5, 5.41) is 0. The van der Waals surface area contributed by atoms with Crippen molar-refractivity contribution in [2.24, 2.45) is 0 Å². The van der Waals surface area contributed by atoms with Crippen LogP contribution in [0, 0.1) is 6.92 Å². The fourth-order valence-electron chi connectivity index (χ4n) is 2.49. The molecular formula is C20H25NO7S. The van der Waals surface area contributed by atoms with Gasteiger partial charge < -0.3 is 18.9 Å². The van der Waals surface area contributed by atoms with Crippen molar-refractivity contribution in [3.05, 3.63) is 42.0 Å². The van der Waals surface area contributed by atoms with Crippen LogP contribution in [0.3, 0.4) is 0 Å². The van der Waals surface area contributed by atoms with Crippen molar-refractivity contribution >= 4 is 21.7 Å². The van der Waals surface area contributed by atoms with Crippen LogP contribution in [0.25, 0.3) is 0 Å². The minimum absolute atomic E-state index is 0.0648. The second-order valence-corrected chi connectivity index (χ2v) is 7.76. The zero-order valence-electron chi connectivity index (χ0n) is 17.0. The van der Waals surface area contributed by atoms with Crippen LogP contribution in [0.15, 0.2) is 41.3 Å². The Morgan fingerprint density at radius 1 is 1.07 bits per heavy atom. The molecule has 2 rings (SSSR count). The van der Waals surface area contributed by atoms with Gasteiger partial charge >= 0.3 is 5.97 Å². The summed E-state index contributed by atoms with van der Waals surface area (Å²) in [5.74, 6) is 0.380. The molecule has 1 N–H and O–H groups in total. The molecule has 158 valence electrons. The number of carbonyl (C=O) groups is 1. The summed E-state index contributed by atoms with van der Waals surface area (Å²) >= 11 is 0. The molecule has 0 saturated carbocycles. The Bertz CT molecular complexity index is 973. The molecule has 0 heterocycles. The highest BCUT2D eigenvalue weighted by Crippen LogP contribution is 2.31. The Hall–Kier alpha value is -2.94. The van der Waals surface area contributed by atoms with Crippen molar-refractivity contribution in [3.63, 3.8) is 0 Å². The van der Waals surface area contributed by atoms with E-state index in [0.29, 0.717) is 22.7 Å². The molecule has 0 bridgehead atoms. The highest BCUT2D eigenvalue weighted by molar-refractivity contribution is 7.92. The first-order chi connectivity index (χ1) is 13.7. The van der Waals surface area contributed by atoms with Crippen LogP contribution < -0.4 is 18.9 Å². The molecule has 0 aliphatic rings. The molecule has 0 aliphatic heterocycles. The topological polar surface area (TPSA) is 100 Å². The quantitative estimate of drug-likeness (QED) is 0.619. The van der Waals surface area contributed by atoms with Gasteiger partial charge in [0, 0.05) is 12.1 Å². The van der Waals surface area contributed by atoms with E-state index in [1.807, 2.05) is 0 Å². The predicted molar refractivity (Wildman–Crippen MR) is 108 cm³/mol. The van der Waals surface area contributed by atoms with Gasteiger partial charge in [0.05, 0.1) is 26.5 Å². The summed E-state index contributed by atoms with van der Waals surface area (Å²) in [6.07, 6.45) is -0.833. The number of benzene rings is 2. The largest absolute Gasteiger partial charge is 0.497 e. The normalized spacial score (nSPS) is 12.0. The Morgan fingerprint density at radius 2 is 1.76 bits per heavy atom. The third kappa shape index (κ3) is 5.54. The second-order valence-electron chi connectivity index (χ2n) is 6.11. The second kappa shape index (κ2) is 9.51. The number of hydrogen-bond acceptors (Lipinski definition) is 7. The maximum atomic E-state index is 13.0. The number of hydrogen-bond donors (Lipinski definition) is 1. The fraction of sp³-hybridized carbons (Fsp3) is 0.350. The molecular weight excluding hydrogens is 398 g/mol. The predicted octanol–water partition coefficient (Wildman–Crippen LogP) is 3.14. The molecule has 9 heteroatoms. The van der Waals surface area contributed by atoms with E-state index in [1.54, 1.807) is 39.0 Å². The van der Waals surface area contributed by atoms with Gasteiger partial charge in [-0.2, -0.15) is 0 Å². The lowest BCUT2D eigenvalue weighted by atomic mass is 10.2. The summed E-state index contributed by atoms with van der Waals surface area (Å²) < 4.78 is 49.2. The van der Waals surface area contributed by atoms with Gasteiger partial charge in [0.25, 0.3) is 10.0 Å². The molecule has 0 aromatic heterocycles. The maximum absolute atomic E-state index is 13.0. The Labute approximate surface area is 170 Å². The molecule has 8 nitrogen and oxygen atoms in total. The molecule has 2 aromatic rings. The number of sulfonamides is 1. The lowest BCUT2D eigenvalue weighted by molar-refractivity contribution is -0.150. The smallest absolute Gasteiger partial charge is 0.347 e. The highest BCUT2D eigenvalue weighted by Gasteiger charge is 2.22. The average molecular weight is 423 g/mol. The van der Waals surface area contributed by atoms with E-state index in [2.05, 4.69) is 4.72 Å². The van der Waals surface area contributed by atoms with E-state index >= 15 is 0 Å². The van der Waals surface area contributed by atoms with Crippen LogP contribution in [0.4, 0.5) is 5.69 Å². The Kier molecular flexibility index (Phi) is 7.33. The number of carbonyl (C=O) groups excluding carboxylic acids is 1. The summed E-state index contributed by atoms with van der Waals surface area (Å²) in [5.41, 5.74) is 0.981. The molecule has 0 fully saturated rings. The summed E-state index contributed by atoms with van der Waals surface area (Å²) in [6.45, 7) is 5.26. The maximum Gasteiger partial charge on any atom is 0.347 e. The van der Waals surface area contributed by atoms with Crippen LogP contribution in [-0.2, 0) is 19.6 Å². The first kappa shape index (κ1) is 22.4. The van der Waals surface area contributed by atoms with Crippen molar-refractivity contribution in [1.82, 2.24) is 0 Å². The highest BCUT2D eigenvalue weighted by atomic mass is 32.2. The van der Waals surface area contributed by atoms with Gasteiger partial charge in [-0.25, -0.2) is 13.2 Å². The first-order valence-corrected chi connectivity index (χ1v) is 10.4. The van der Waals surface area contributed by atoms with E-state index in [-0.39, 0.29) is 17.3 Å². The van der Waals surface area contributed by atoms with Crippen molar-refractivity contribution in [1.29, 1.82) is 0 Å². The average Bonchev–Trinajstić information content (AvgIpc) is 2.69. The van der Waals surface area contributed by atoms with Gasteiger partial charge in [0.15, 0.2) is 6.10 Å².